The van der Waals surface area contributed by atoms with Crippen LogP contribution in [0.2, 0.25) is 5.02 Å². The van der Waals surface area contributed by atoms with Crippen molar-refractivity contribution in [3.05, 3.63) is 28.8 Å². The van der Waals surface area contributed by atoms with E-state index in [-0.39, 0.29) is 5.78 Å². The van der Waals surface area contributed by atoms with Crippen LogP contribution in [0.15, 0.2) is 18.2 Å². The molecule has 0 heterocycles. The number of Topliss-reactive ketones (excluding diaryl/α,β-unsaturated/α-hetero) is 1. The van der Waals surface area contributed by atoms with E-state index in [0.29, 0.717) is 22.8 Å². The molecule has 0 fully saturated rings. The summed E-state index contributed by atoms with van der Waals surface area (Å²) in [5.74, 6) is 0.0393. The van der Waals surface area contributed by atoms with E-state index in [9.17, 15) is 9.90 Å². The highest BCUT2D eigenvalue weighted by atomic mass is 35.5. The predicted octanol–water partition coefficient (Wildman–Crippen LogP) is 2.69. The highest BCUT2D eigenvalue weighted by Gasteiger charge is 2.31. The summed E-state index contributed by atoms with van der Waals surface area (Å²) in [7, 11) is 1.47. The van der Waals surface area contributed by atoms with Crippen molar-refractivity contribution in [2.75, 3.05) is 7.11 Å². The number of hydrogen-bond donors (Lipinski definition) is 1. The summed E-state index contributed by atoms with van der Waals surface area (Å²) in [6, 6.07) is 4.76. The second kappa shape index (κ2) is 4.85. The fraction of sp³-hybridized carbons (Fsp3) is 0.417. The third-order valence-electron chi connectivity index (χ3n) is 2.58. The summed E-state index contributed by atoms with van der Waals surface area (Å²) in [5.41, 5.74) is -1.08. The maximum atomic E-state index is 12.0. The molecule has 1 N–H and O–H groups in total. The van der Waals surface area contributed by atoms with E-state index in [1.165, 1.54) is 20.1 Å². The number of methoxy groups -OCH3 is 1. The summed E-state index contributed by atoms with van der Waals surface area (Å²) in [5, 5.41) is 10.3. The summed E-state index contributed by atoms with van der Waals surface area (Å²) in [6.07, 6.45) is 0.335. The molecule has 0 bridgehead atoms. The zero-order valence-electron chi connectivity index (χ0n) is 9.58. The van der Waals surface area contributed by atoms with E-state index in [2.05, 4.69) is 0 Å². The van der Waals surface area contributed by atoms with Gasteiger partial charge in [0.05, 0.1) is 12.7 Å². The minimum atomic E-state index is -1.39. The molecule has 0 saturated heterocycles. The first-order chi connectivity index (χ1) is 7.42. The minimum Gasteiger partial charge on any atom is -0.496 e. The van der Waals surface area contributed by atoms with E-state index < -0.39 is 5.60 Å². The first-order valence-corrected chi connectivity index (χ1v) is 5.41. The molecule has 88 valence electrons. The van der Waals surface area contributed by atoms with Gasteiger partial charge in [0.15, 0.2) is 5.78 Å². The van der Waals surface area contributed by atoms with E-state index in [4.69, 9.17) is 16.3 Å². The first kappa shape index (κ1) is 13.0. The zero-order valence-corrected chi connectivity index (χ0v) is 10.3. The molecular formula is C12H15ClO3. The van der Waals surface area contributed by atoms with Gasteiger partial charge in [-0.2, -0.15) is 0 Å². The van der Waals surface area contributed by atoms with Gasteiger partial charge in [0.25, 0.3) is 0 Å². The molecule has 1 unspecified atom stereocenters. The first-order valence-electron chi connectivity index (χ1n) is 5.03. The smallest absolute Gasteiger partial charge is 0.197 e. The van der Waals surface area contributed by atoms with Gasteiger partial charge in [0.1, 0.15) is 11.4 Å². The number of halogens is 1. The number of ketones is 1. The molecule has 4 heteroatoms. The van der Waals surface area contributed by atoms with Crippen molar-refractivity contribution >= 4 is 17.4 Å². The number of benzene rings is 1. The van der Waals surface area contributed by atoms with Crippen molar-refractivity contribution in [3.63, 3.8) is 0 Å². The lowest BCUT2D eigenvalue weighted by atomic mass is 9.92. The van der Waals surface area contributed by atoms with Crippen LogP contribution in [0.25, 0.3) is 0 Å². The molecule has 1 atom stereocenters. The molecule has 1 aromatic rings. The molecule has 3 nitrogen and oxygen atoms in total. The van der Waals surface area contributed by atoms with E-state index in [1.807, 2.05) is 0 Å². The van der Waals surface area contributed by atoms with Crippen LogP contribution in [0.3, 0.4) is 0 Å². The molecule has 0 spiro atoms. The van der Waals surface area contributed by atoms with Crippen molar-refractivity contribution in [2.45, 2.75) is 25.9 Å². The lowest BCUT2D eigenvalue weighted by Crippen LogP contribution is -2.34. The van der Waals surface area contributed by atoms with Crippen molar-refractivity contribution in [2.24, 2.45) is 0 Å². The second-order valence-corrected chi connectivity index (χ2v) is 4.24. The van der Waals surface area contributed by atoms with Gasteiger partial charge in [-0.3, -0.25) is 4.79 Å². The summed E-state index contributed by atoms with van der Waals surface area (Å²) >= 11 is 5.82. The van der Waals surface area contributed by atoms with Gasteiger partial charge in [-0.1, -0.05) is 18.5 Å². The fourth-order valence-electron chi connectivity index (χ4n) is 1.31. The van der Waals surface area contributed by atoms with E-state index in [0.717, 1.165) is 0 Å². The molecule has 0 saturated carbocycles. The highest BCUT2D eigenvalue weighted by Crippen LogP contribution is 2.27. The van der Waals surface area contributed by atoms with Crippen LogP contribution in [0, 0.1) is 0 Å². The molecule has 1 rings (SSSR count). The topological polar surface area (TPSA) is 46.5 Å². The number of carbonyl (C=O) groups excluding carboxylic acids is 1. The third kappa shape index (κ3) is 2.54. The Labute approximate surface area is 100.0 Å². The van der Waals surface area contributed by atoms with Crippen LogP contribution >= 0.6 is 11.6 Å². The average Bonchev–Trinajstić information content (AvgIpc) is 2.28. The van der Waals surface area contributed by atoms with Crippen LogP contribution in [0.5, 0.6) is 5.75 Å². The van der Waals surface area contributed by atoms with Crippen LogP contribution in [-0.2, 0) is 0 Å². The largest absolute Gasteiger partial charge is 0.496 e. The van der Waals surface area contributed by atoms with Gasteiger partial charge in [-0.15, -0.1) is 0 Å². The second-order valence-electron chi connectivity index (χ2n) is 3.80. The van der Waals surface area contributed by atoms with Gasteiger partial charge in [-0.25, -0.2) is 0 Å². The Morgan fingerprint density at radius 3 is 2.69 bits per heavy atom. The molecule has 0 aromatic heterocycles. The Bertz CT molecular complexity index is 399. The molecule has 16 heavy (non-hydrogen) atoms. The maximum Gasteiger partial charge on any atom is 0.197 e. The monoisotopic (exact) mass is 242 g/mol. The zero-order chi connectivity index (χ0) is 12.3. The Balaban J connectivity index is 3.21. The predicted molar refractivity (Wildman–Crippen MR) is 63.2 cm³/mol. The number of ether oxygens (including phenoxy) is 1. The van der Waals surface area contributed by atoms with Gasteiger partial charge in [0, 0.05) is 5.02 Å². The molecular weight excluding hydrogens is 228 g/mol. The summed E-state index contributed by atoms with van der Waals surface area (Å²) < 4.78 is 5.07. The van der Waals surface area contributed by atoms with Crippen LogP contribution in [0.4, 0.5) is 0 Å². The molecule has 0 radical (unpaired) electrons. The van der Waals surface area contributed by atoms with Crippen LogP contribution < -0.4 is 4.74 Å². The van der Waals surface area contributed by atoms with E-state index >= 15 is 0 Å². The maximum absolute atomic E-state index is 12.0. The normalized spacial score (nSPS) is 14.3. The van der Waals surface area contributed by atoms with Crippen molar-refractivity contribution in [3.8, 4) is 5.75 Å². The van der Waals surface area contributed by atoms with Crippen LogP contribution in [0.1, 0.15) is 30.6 Å². The minimum absolute atomic E-state index is 0.307. The number of aliphatic hydroxyl groups is 1. The van der Waals surface area contributed by atoms with Gasteiger partial charge in [-0.05, 0) is 31.5 Å². The molecule has 0 aliphatic carbocycles. The summed E-state index contributed by atoms with van der Waals surface area (Å²) in [6.45, 7) is 3.23. The third-order valence-corrected chi connectivity index (χ3v) is 2.82. The van der Waals surface area contributed by atoms with Gasteiger partial charge in [0.2, 0.25) is 0 Å². The standard InChI is InChI=1S/C12H15ClO3/c1-4-12(2,15)11(14)9-7-8(13)5-6-10(9)16-3/h5-7,15H,4H2,1-3H3. The highest BCUT2D eigenvalue weighted by molar-refractivity contribution is 6.31. The summed E-state index contributed by atoms with van der Waals surface area (Å²) in [4.78, 5) is 12.0. The lowest BCUT2D eigenvalue weighted by Gasteiger charge is -2.20. The van der Waals surface area contributed by atoms with Crippen molar-refractivity contribution < 1.29 is 14.6 Å². The average molecular weight is 243 g/mol. The fourth-order valence-corrected chi connectivity index (χ4v) is 1.48. The van der Waals surface area contributed by atoms with Crippen molar-refractivity contribution in [1.82, 2.24) is 0 Å². The Morgan fingerprint density at radius 1 is 1.56 bits per heavy atom. The number of hydrogen-bond acceptors (Lipinski definition) is 3. The lowest BCUT2D eigenvalue weighted by molar-refractivity contribution is 0.0387. The van der Waals surface area contributed by atoms with Gasteiger partial charge < -0.3 is 9.84 Å². The quantitative estimate of drug-likeness (QED) is 0.826. The SMILES string of the molecule is CCC(C)(O)C(=O)c1cc(Cl)ccc1OC. The molecule has 0 aliphatic heterocycles. The van der Waals surface area contributed by atoms with E-state index in [1.54, 1.807) is 19.1 Å². The Kier molecular flexibility index (Phi) is 3.94. The number of carbonyl (C=O) groups is 1. The Morgan fingerprint density at radius 2 is 2.19 bits per heavy atom. The van der Waals surface area contributed by atoms with Crippen LogP contribution in [-0.4, -0.2) is 23.6 Å². The Hall–Kier alpha value is -1.06. The molecule has 0 aliphatic rings. The number of rotatable bonds is 4. The molecule has 1 aromatic carbocycles. The van der Waals surface area contributed by atoms with Gasteiger partial charge >= 0.3 is 0 Å². The van der Waals surface area contributed by atoms with Crippen molar-refractivity contribution in [1.29, 1.82) is 0 Å². The molecule has 0 amide bonds.